The van der Waals surface area contributed by atoms with Gasteiger partial charge in [0.25, 0.3) is 0 Å². The van der Waals surface area contributed by atoms with E-state index in [0.717, 1.165) is 71.2 Å². The molecule has 0 radical (unpaired) electrons. The number of anilines is 1. The number of aryl methyl sites for hydroxylation is 1. The Bertz CT molecular complexity index is 1780. The molecular formula is C35H37ClN6. The average Bonchev–Trinajstić information content (AvgIpc) is 3.50. The van der Waals surface area contributed by atoms with E-state index in [2.05, 4.69) is 84.6 Å². The second-order valence-electron chi connectivity index (χ2n) is 12.1. The monoisotopic (exact) mass is 576 g/mol. The van der Waals surface area contributed by atoms with E-state index >= 15 is 0 Å². The maximum absolute atomic E-state index is 6.63. The quantitative estimate of drug-likeness (QED) is 0.190. The van der Waals surface area contributed by atoms with Gasteiger partial charge in [-0.2, -0.15) is 5.10 Å². The number of hydrogen-bond acceptors (Lipinski definition) is 4. The van der Waals surface area contributed by atoms with Gasteiger partial charge in [-0.3, -0.25) is 0 Å². The summed E-state index contributed by atoms with van der Waals surface area (Å²) in [5, 5.41) is 7.14. The van der Waals surface area contributed by atoms with E-state index in [1.54, 1.807) is 0 Å². The number of allylic oxidation sites excluding steroid dienone is 1. The Hall–Kier alpha value is -3.90. The van der Waals surface area contributed by atoms with E-state index in [-0.39, 0.29) is 0 Å². The van der Waals surface area contributed by atoms with Crippen LogP contribution in [0, 0.1) is 11.8 Å². The van der Waals surface area contributed by atoms with Crippen LogP contribution < -0.4 is 4.90 Å². The molecule has 1 fully saturated rings. The lowest BCUT2D eigenvalue weighted by molar-refractivity contribution is 0.548. The van der Waals surface area contributed by atoms with Crippen molar-refractivity contribution in [2.75, 3.05) is 11.4 Å². The van der Waals surface area contributed by atoms with Crippen molar-refractivity contribution in [1.29, 1.82) is 0 Å². The normalized spacial score (nSPS) is 18.1. The van der Waals surface area contributed by atoms with Crippen molar-refractivity contribution in [3.8, 4) is 16.9 Å². The summed E-state index contributed by atoms with van der Waals surface area (Å²) < 4.78 is 2.20. The molecular weight excluding hydrogens is 540 g/mol. The maximum atomic E-state index is 6.63. The summed E-state index contributed by atoms with van der Waals surface area (Å²) in [5.41, 5.74) is 10.4. The van der Waals surface area contributed by atoms with Gasteiger partial charge in [-0.15, -0.1) is 6.58 Å². The van der Waals surface area contributed by atoms with E-state index in [1.165, 1.54) is 28.7 Å². The van der Waals surface area contributed by atoms with Crippen LogP contribution in [-0.2, 0) is 25.8 Å². The molecule has 2 atom stereocenters. The molecule has 3 aromatic heterocycles. The summed E-state index contributed by atoms with van der Waals surface area (Å²) in [5.74, 6) is 2.85. The average molecular weight is 577 g/mol. The standard InChI is InChI=1S/C35H37ClN6/c1-5-8-23-10-7-9-22(6-2)33(23)42-34(26-11-12-30(36)32-25(26)13-15-37-32)29-20-41(16-14-31(29)40-42)35-38-18-24(19-39-35)28-17-27(28)21(3)4/h5,7,9-13,15,18-19,21,27-28,37H,1,6,8,14,16-17,20H2,2-4H3. The molecule has 1 aliphatic heterocycles. The zero-order chi connectivity index (χ0) is 29.0. The van der Waals surface area contributed by atoms with Crippen molar-refractivity contribution >= 4 is 28.5 Å². The highest BCUT2D eigenvalue weighted by molar-refractivity contribution is 6.35. The molecule has 0 spiro atoms. The fourth-order valence-corrected chi connectivity index (χ4v) is 7.07. The minimum atomic E-state index is 0.605. The third kappa shape index (κ3) is 4.53. The van der Waals surface area contributed by atoms with Crippen molar-refractivity contribution < 1.29 is 0 Å². The number of aromatic amines is 1. The third-order valence-electron chi connectivity index (χ3n) is 9.19. The van der Waals surface area contributed by atoms with E-state index < -0.39 is 0 Å². The van der Waals surface area contributed by atoms with Gasteiger partial charge in [0.15, 0.2) is 0 Å². The Morgan fingerprint density at radius 3 is 2.67 bits per heavy atom. The number of H-pyrrole nitrogens is 1. The van der Waals surface area contributed by atoms with Crippen LogP contribution >= 0.6 is 11.6 Å². The first-order valence-corrected chi connectivity index (χ1v) is 15.5. The summed E-state index contributed by atoms with van der Waals surface area (Å²) in [6.45, 7) is 12.4. The number of halogens is 1. The third-order valence-corrected chi connectivity index (χ3v) is 9.50. The van der Waals surface area contributed by atoms with Crippen molar-refractivity contribution in [2.24, 2.45) is 11.8 Å². The number of aromatic nitrogens is 5. The van der Waals surface area contributed by atoms with Gasteiger partial charge in [-0.25, -0.2) is 14.6 Å². The smallest absolute Gasteiger partial charge is 0.225 e. The SMILES string of the molecule is C=CCc1cccc(CC)c1-n1nc2c(c1-c1ccc(Cl)c3[nH]ccc13)CN(c1ncc(C3CC3C(C)C)cn1)CC2. The summed E-state index contributed by atoms with van der Waals surface area (Å²) in [6, 6.07) is 12.8. The first-order valence-electron chi connectivity index (χ1n) is 15.1. The molecule has 0 bridgehead atoms. The molecule has 1 saturated carbocycles. The highest BCUT2D eigenvalue weighted by Gasteiger charge is 2.40. The molecule has 0 amide bonds. The number of nitrogens with one attached hydrogen (secondary N) is 1. The van der Waals surface area contributed by atoms with Crippen LogP contribution in [-0.4, -0.2) is 31.3 Å². The topological polar surface area (TPSA) is 62.6 Å². The van der Waals surface area contributed by atoms with Crippen molar-refractivity contribution in [3.05, 3.63) is 101 Å². The van der Waals surface area contributed by atoms with Crippen LogP contribution in [0.15, 0.2) is 67.6 Å². The molecule has 1 N–H and O–H groups in total. The molecule has 2 aromatic carbocycles. The number of para-hydroxylation sites is 1. The van der Waals surface area contributed by atoms with E-state index in [1.807, 2.05) is 18.3 Å². The van der Waals surface area contributed by atoms with Crippen LogP contribution in [0.2, 0.25) is 5.02 Å². The second-order valence-corrected chi connectivity index (χ2v) is 12.5. The molecule has 5 aromatic rings. The van der Waals surface area contributed by atoms with E-state index in [9.17, 15) is 0 Å². The minimum absolute atomic E-state index is 0.605. The number of hydrogen-bond donors (Lipinski definition) is 1. The maximum Gasteiger partial charge on any atom is 0.225 e. The van der Waals surface area contributed by atoms with Gasteiger partial charge < -0.3 is 9.88 Å². The molecule has 42 heavy (non-hydrogen) atoms. The zero-order valence-corrected chi connectivity index (χ0v) is 25.3. The Kier molecular flexibility index (Phi) is 6.89. The molecule has 4 heterocycles. The first kappa shape index (κ1) is 27.0. The van der Waals surface area contributed by atoms with Crippen molar-refractivity contribution in [2.45, 2.75) is 58.9 Å². The molecule has 214 valence electrons. The molecule has 2 aliphatic rings. The highest BCUT2D eigenvalue weighted by Crippen LogP contribution is 2.51. The predicted molar refractivity (Wildman–Crippen MR) is 172 cm³/mol. The largest absolute Gasteiger partial charge is 0.360 e. The molecule has 7 rings (SSSR count). The van der Waals surface area contributed by atoms with Gasteiger partial charge >= 0.3 is 0 Å². The van der Waals surface area contributed by atoms with Gasteiger partial charge in [-0.1, -0.05) is 62.7 Å². The molecule has 1 aliphatic carbocycles. The molecule has 0 saturated heterocycles. The molecule has 7 heteroatoms. The summed E-state index contributed by atoms with van der Waals surface area (Å²) in [7, 11) is 0. The van der Waals surface area contributed by atoms with Gasteiger partial charge in [-0.05, 0) is 65.8 Å². The number of fused-ring (bicyclic) bond motifs is 2. The van der Waals surface area contributed by atoms with Gasteiger partial charge in [0.05, 0.1) is 27.6 Å². The molecule has 2 unspecified atom stereocenters. The Balaban J connectivity index is 1.35. The van der Waals surface area contributed by atoms with Crippen molar-refractivity contribution in [3.63, 3.8) is 0 Å². The fraction of sp³-hybridized carbons (Fsp3) is 0.343. The van der Waals surface area contributed by atoms with Gasteiger partial charge in [0.1, 0.15) is 0 Å². The van der Waals surface area contributed by atoms with E-state index in [4.69, 9.17) is 26.7 Å². The lowest BCUT2D eigenvalue weighted by Crippen LogP contribution is -2.31. The van der Waals surface area contributed by atoms with Crippen LogP contribution in [0.1, 0.15) is 61.1 Å². The number of rotatable bonds is 8. The van der Waals surface area contributed by atoms with Crippen LogP contribution in [0.4, 0.5) is 5.95 Å². The van der Waals surface area contributed by atoms with Gasteiger partial charge in [0, 0.05) is 54.6 Å². The Morgan fingerprint density at radius 1 is 1.12 bits per heavy atom. The number of nitrogens with zero attached hydrogens (tertiary/aromatic N) is 5. The van der Waals surface area contributed by atoms with Crippen molar-refractivity contribution in [1.82, 2.24) is 24.7 Å². The van der Waals surface area contributed by atoms with Crippen LogP contribution in [0.5, 0.6) is 0 Å². The van der Waals surface area contributed by atoms with E-state index in [0.29, 0.717) is 23.4 Å². The predicted octanol–water partition coefficient (Wildman–Crippen LogP) is 8.08. The lowest BCUT2D eigenvalue weighted by Gasteiger charge is -2.27. The summed E-state index contributed by atoms with van der Waals surface area (Å²) in [6.07, 6.45) is 11.8. The highest BCUT2D eigenvalue weighted by atomic mass is 35.5. The number of benzene rings is 2. The first-order chi connectivity index (χ1) is 20.5. The Morgan fingerprint density at radius 2 is 1.93 bits per heavy atom. The van der Waals surface area contributed by atoms with Crippen LogP contribution in [0.25, 0.3) is 27.8 Å². The minimum Gasteiger partial charge on any atom is -0.360 e. The fourth-order valence-electron chi connectivity index (χ4n) is 6.85. The van der Waals surface area contributed by atoms with Crippen LogP contribution in [0.3, 0.4) is 0 Å². The zero-order valence-electron chi connectivity index (χ0n) is 24.6. The second kappa shape index (κ2) is 10.7. The summed E-state index contributed by atoms with van der Waals surface area (Å²) >= 11 is 6.63. The molecule has 6 nitrogen and oxygen atoms in total. The Labute approximate surface area is 252 Å². The lowest BCUT2D eigenvalue weighted by atomic mass is 9.97. The summed E-state index contributed by atoms with van der Waals surface area (Å²) in [4.78, 5) is 15.4. The van der Waals surface area contributed by atoms with Gasteiger partial charge in [0.2, 0.25) is 5.95 Å².